The lowest BCUT2D eigenvalue weighted by Crippen LogP contribution is -2.56. The number of oxime groups is 1. The van der Waals surface area contributed by atoms with Crippen LogP contribution in [0.4, 0.5) is 0 Å². The van der Waals surface area contributed by atoms with Gasteiger partial charge in [-0.3, -0.25) is 4.79 Å². The fourth-order valence-corrected chi connectivity index (χ4v) is 6.87. The first-order chi connectivity index (χ1) is 10.5. The summed E-state index contributed by atoms with van der Waals surface area (Å²) in [5.74, 6) is 2.55. The second-order valence-corrected chi connectivity index (χ2v) is 8.90. The minimum Gasteiger partial charge on any atom is -0.411 e. The number of hydrogen-bond acceptors (Lipinski definition) is 3. The molecular formula is C19H29NO2. The third-order valence-corrected chi connectivity index (χ3v) is 8.25. The third kappa shape index (κ3) is 1.74. The highest BCUT2D eigenvalue weighted by atomic mass is 16.4. The molecule has 6 atom stereocenters. The number of hydrogen-bond donors (Lipinski definition) is 1. The van der Waals surface area contributed by atoms with Crippen molar-refractivity contribution in [2.24, 2.45) is 39.7 Å². The molecule has 4 aliphatic rings. The Labute approximate surface area is 133 Å². The molecule has 122 valence electrons. The van der Waals surface area contributed by atoms with Crippen LogP contribution >= 0.6 is 0 Å². The molecule has 0 aliphatic heterocycles. The first-order valence-electron chi connectivity index (χ1n) is 9.25. The lowest BCUT2D eigenvalue weighted by Gasteiger charge is -2.59. The predicted molar refractivity (Wildman–Crippen MR) is 86.0 cm³/mol. The fraction of sp³-hybridized carbons (Fsp3) is 0.895. The molecular weight excluding hydrogens is 274 g/mol. The number of rotatable bonds is 0. The molecule has 0 aromatic heterocycles. The lowest BCUT2D eigenvalue weighted by atomic mass is 9.45. The Kier molecular flexibility index (Phi) is 3.22. The van der Waals surface area contributed by atoms with E-state index in [1.165, 1.54) is 25.7 Å². The normalized spacial score (nSPS) is 53.0. The van der Waals surface area contributed by atoms with Crippen LogP contribution in [0.3, 0.4) is 0 Å². The third-order valence-electron chi connectivity index (χ3n) is 8.25. The fourth-order valence-electron chi connectivity index (χ4n) is 6.87. The van der Waals surface area contributed by atoms with Gasteiger partial charge in [-0.25, -0.2) is 0 Å². The zero-order valence-corrected chi connectivity index (χ0v) is 14.0. The van der Waals surface area contributed by atoms with E-state index in [0.717, 1.165) is 37.8 Å². The monoisotopic (exact) mass is 303 g/mol. The number of carbonyl (C=O) groups excluding carboxylic acids is 1. The van der Waals surface area contributed by atoms with E-state index in [0.29, 0.717) is 34.9 Å². The van der Waals surface area contributed by atoms with Gasteiger partial charge < -0.3 is 5.21 Å². The van der Waals surface area contributed by atoms with Crippen LogP contribution in [0.5, 0.6) is 0 Å². The van der Waals surface area contributed by atoms with E-state index in [2.05, 4.69) is 19.0 Å². The summed E-state index contributed by atoms with van der Waals surface area (Å²) in [6.45, 7) is 4.69. The molecule has 0 aromatic rings. The first-order valence-corrected chi connectivity index (χ1v) is 9.25. The lowest BCUT2D eigenvalue weighted by molar-refractivity contribution is -0.132. The molecule has 0 spiro atoms. The Morgan fingerprint density at radius 1 is 1.09 bits per heavy atom. The molecule has 0 radical (unpaired) electrons. The summed E-state index contributed by atoms with van der Waals surface area (Å²) < 4.78 is 0. The maximum atomic E-state index is 12.5. The van der Waals surface area contributed by atoms with Crippen molar-refractivity contribution in [3.63, 3.8) is 0 Å². The van der Waals surface area contributed by atoms with Gasteiger partial charge in [-0.2, -0.15) is 0 Å². The van der Waals surface area contributed by atoms with Crippen LogP contribution in [0.1, 0.15) is 71.6 Å². The summed E-state index contributed by atoms with van der Waals surface area (Å²) in [7, 11) is 0. The van der Waals surface area contributed by atoms with Gasteiger partial charge in [-0.15, -0.1) is 0 Å². The van der Waals surface area contributed by atoms with Gasteiger partial charge in [0.1, 0.15) is 5.78 Å². The number of carbonyl (C=O) groups is 1. The van der Waals surface area contributed by atoms with Crippen molar-refractivity contribution < 1.29 is 10.0 Å². The standard InChI is InChI=1S/C19H29NO2/c1-18-9-4-3-5-12(18)11-15(20-22)17-13-6-7-16(21)19(13,2)10-8-14(17)18/h12-14,17,22H,3-11H2,1-2H3/b20-15-/t12?,13-,14-,17-,18-,19-/m0/s1. The molecule has 0 heterocycles. The maximum Gasteiger partial charge on any atom is 0.139 e. The van der Waals surface area contributed by atoms with Crippen molar-refractivity contribution in [1.82, 2.24) is 0 Å². The maximum absolute atomic E-state index is 12.5. The highest BCUT2D eigenvalue weighted by Gasteiger charge is 2.61. The summed E-state index contributed by atoms with van der Waals surface area (Å²) in [5.41, 5.74) is 1.29. The van der Waals surface area contributed by atoms with E-state index < -0.39 is 0 Å². The Morgan fingerprint density at radius 2 is 1.91 bits per heavy atom. The average Bonchev–Trinajstić information content (AvgIpc) is 2.82. The van der Waals surface area contributed by atoms with Gasteiger partial charge >= 0.3 is 0 Å². The van der Waals surface area contributed by atoms with Crippen molar-refractivity contribution in [2.45, 2.75) is 71.6 Å². The largest absolute Gasteiger partial charge is 0.411 e. The number of fused-ring (bicyclic) bond motifs is 5. The van der Waals surface area contributed by atoms with Crippen LogP contribution in [-0.4, -0.2) is 16.7 Å². The van der Waals surface area contributed by atoms with Crippen LogP contribution in [0.15, 0.2) is 5.16 Å². The summed E-state index contributed by atoms with van der Waals surface area (Å²) in [6.07, 6.45) is 10.2. The SMILES string of the molecule is C[C@]12CCCCC1C/C(=N/O)[C@@H]1[C@@H]2CC[C@]2(C)C(=O)CC[C@@H]12. The molecule has 1 N–H and O–H groups in total. The predicted octanol–water partition coefficient (Wildman–Crippen LogP) is 4.43. The van der Waals surface area contributed by atoms with E-state index in [1.54, 1.807) is 0 Å². The Hall–Kier alpha value is -0.860. The van der Waals surface area contributed by atoms with Crippen LogP contribution < -0.4 is 0 Å². The molecule has 3 heteroatoms. The Bertz CT molecular complexity index is 528. The van der Waals surface area contributed by atoms with E-state index in [1.807, 2.05) is 0 Å². The second kappa shape index (κ2) is 4.82. The molecule has 0 aromatic carbocycles. The van der Waals surface area contributed by atoms with Gasteiger partial charge in [-0.1, -0.05) is 31.8 Å². The molecule has 22 heavy (non-hydrogen) atoms. The zero-order valence-electron chi connectivity index (χ0n) is 14.0. The highest BCUT2D eigenvalue weighted by Crippen LogP contribution is 2.64. The molecule has 4 fully saturated rings. The topological polar surface area (TPSA) is 49.7 Å². The minimum atomic E-state index is -0.144. The van der Waals surface area contributed by atoms with Crippen LogP contribution in [0.2, 0.25) is 0 Å². The van der Waals surface area contributed by atoms with E-state index in [4.69, 9.17) is 0 Å². The first kappa shape index (κ1) is 14.7. The Balaban J connectivity index is 1.75. The molecule has 0 bridgehead atoms. The minimum absolute atomic E-state index is 0.144. The summed E-state index contributed by atoms with van der Waals surface area (Å²) in [6, 6.07) is 0. The molecule has 4 aliphatic carbocycles. The molecule has 4 rings (SSSR count). The molecule has 0 saturated heterocycles. The summed E-state index contributed by atoms with van der Waals surface area (Å²) in [4.78, 5) is 12.5. The number of ketones is 1. The number of Topliss-reactive ketones (excluding diaryl/α,β-unsaturated/α-hetero) is 1. The van der Waals surface area contributed by atoms with Gasteiger partial charge in [0.25, 0.3) is 0 Å². The smallest absolute Gasteiger partial charge is 0.139 e. The average molecular weight is 303 g/mol. The van der Waals surface area contributed by atoms with Crippen LogP contribution in [0, 0.1) is 34.5 Å². The van der Waals surface area contributed by atoms with Crippen molar-refractivity contribution in [2.75, 3.05) is 0 Å². The second-order valence-electron chi connectivity index (χ2n) is 8.90. The van der Waals surface area contributed by atoms with Crippen molar-refractivity contribution >= 4 is 11.5 Å². The molecule has 1 unspecified atom stereocenters. The summed E-state index contributed by atoms with van der Waals surface area (Å²) >= 11 is 0. The van der Waals surface area contributed by atoms with Crippen molar-refractivity contribution in [3.05, 3.63) is 0 Å². The van der Waals surface area contributed by atoms with Gasteiger partial charge in [0.05, 0.1) is 5.71 Å². The highest BCUT2D eigenvalue weighted by molar-refractivity contribution is 5.92. The quantitative estimate of drug-likeness (QED) is 0.531. The summed E-state index contributed by atoms with van der Waals surface area (Å²) in [5, 5.41) is 13.5. The number of nitrogens with zero attached hydrogens (tertiary/aromatic N) is 1. The van der Waals surface area contributed by atoms with Gasteiger partial charge in [0.15, 0.2) is 0 Å². The van der Waals surface area contributed by atoms with Crippen molar-refractivity contribution in [1.29, 1.82) is 0 Å². The Morgan fingerprint density at radius 3 is 2.68 bits per heavy atom. The molecule has 4 saturated carbocycles. The van der Waals surface area contributed by atoms with E-state index in [9.17, 15) is 10.0 Å². The van der Waals surface area contributed by atoms with Gasteiger partial charge in [0, 0.05) is 17.8 Å². The zero-order chi connectivity index (χ0) is 15.5. The van der Waals surface area contributed by atoms with Crippen molar-refractivity contribution in [3.8, 4) is 0 Å². The molecule has 0 amide bonds. The van der Waals surface area contributed by atoms with Gasteiger partial charge in [0.2, 0.25) is 0 Å². The van der Waals surface area contributed by atoms with E-state index >= 15 is 0 Å². The van der Waals surface area contributed by atoms with Crippen LogP contribution in [0.25, 0.3) is 0 Å². The van der Waals surface area contributed by atoms with Crippen LogP contribution in [-0.2, 0) is 4.79 Å². The van der Waals surface area contributed by atoms with Gasteiger partial charge in [-0.05, 0) is 61.7 Å². The van der Waals surface area contributed by atoms with E-state index in [-0.39, 0.29) is 5.41 Å². The molecule has 3 nitrogen and oxygen atoms in total.